The van der Waals surface area contributed by atoms with Crippen molar-refractivity contribution in [2.45, 2.75) is 6.04 Å². The number of aliphatic hydroxyl groups excluding tert-OH is 1. The summed E-state index contributed by atoms with van der Waals surface area (Å²) in [7, 11) is 1.57. The molecule has 0 aliphatic carbocycles. The van der Waals surface area contributed by atoms with Crippen molar-refractivity contribution >= 4 is 50.4 Å². The second kappa shape index (κ2) is 8.61. The van der Waals surface area contributed by atoms with Gasteiger partial charge in [-0.25, -0.2) is 0 Å². The van der Waals surface area contributed by atoms with Gasteiger partial charge in [0.1, 0.15) is 17.0 Å². The second-order valence-electron chi connectivity index (χ2n) is 7.67. The molecular weight excluding hydrogens is 472 g/mol. The zero-order valence-corrected chi connectivity index (χ0v) is 18.9. The molecule has 1 unspecified atom stereocenters. The quantitative estimate of drug-likeness (QED) is 0.145. The molecule has 1 amide bonds. The Morgan fingerprint density at radius 3 is 2.46 bits per heavy atom. The molecule has 3 aromatic carbocycles. The van der Waals surface area contributed by atoms with Crippen LogP contribution in [-0.4, -0.2) is 39.0 Å². The van der Waals surface area contributed by atoms with Crippen LogP contribution < -0.4 is 9.64 Å². The van der Waals surface area contributed by atoms with Crippen LogP contribution in [0.3, 0.4) is 0 Å². The Morgan fingerprint density at radius 2 is 1.80 bits per heavy atom. The van der Waals surface area contributed by atoms with Gasteiger partial charge in [-0.3, -0.25) is 24.6 Å². The summed E-state index contributed by atoms with van der Waals surface area (Å²) < 4.78 is 5.24. The van der Waals surface area contributed by atoms with E-state index in [1.807, 2.05) is 12.1 Å². The lowest BCUT2D eigenvalue weighted by Gasteiger charge is -2.22. The molecule has 1 fully saturated rings. The Hall–Kier alpha value is -4.64. The average Bonchev–Trinajstić information content (AvgIpc) is 3.49. The highest BCUT2D eigenvalue weighted by Gasteiger charge is 2.48. The number of nitro groups is 1. The fourth-order valence-electron chi connectivity index (χ4n) is 4.05. The van der Waals surface area contributed by atoms with E-state index in [0.29, 0.717) is 16.9 Å². The van der Waals surface area contributed by atoms with Gasteiger partial charge in [0.25, 0.3) is 11.5 Å². The first-order valence-corrected chi connectivity index (χ1v) is 11.2. The Bertz CT molecular complexity index is 1520. The summed E-state index contributed by atoms with van der Waals surface area (Å²) >= 11 is 1.05. The Balaban J connectivity index is 1.68. The fraction of sp³-hybridized carbons (Fsp3) is 0.0833. The smallest absolute Gasteiger partial charge is 0.301 e. The molecule has 0 spiro atoms. The number of hydrogen-bond donors (Lipinski definition) is 1. The average molecular weight is 488 g/mol. The van der Waals surface area contributed by atoms with E-state index >= 15 is 0 Å². The number of ether oxygens (including phenoxy) is 1. The third kappa shape index (κ3) is 3.77. The number of aliphatic hydroxyl groups is 1. The van der Waals surface area contributed by atoms with Gasteiger partial charge in [0.2, 0.25) is 5.13 Å². The van der Waals surface area contributed by atoms with E-state index in [4.69, 9.17) is 4.74 Å². The minimum atomic E-state index is -1.05. The predicted molar refractivity (Wildman–Crippen MR) is 128 cm³/mol. The van der Waals surface area contributed by atoms with Crippen LogP contribution in [0, 0.1) is 10.1 Å². The largest absolute Gasteiger partial charge is 0.507 e. The monoisotopic (exact) mass is 488 g/mol. The summed E-state index contributed by atoms with van der Waals surface area (Å²) in [5.41, 5.74) is 1.86. The number of anilines is 1. The number of aromatic nitrogens is 2. The van der Waals surface area contributed by atoms with Gasteiger partial charge in [-0.15, -0.1) is 10.2 Å². The Kier molecular flexibility index (Phi) is 5.46. The second-order valence-corrected chi connectivity index (χ2v) is 8.48. The number of Topliss-reactive ketones (excluding diaryl/α,β-unsaturated/α-hetero) is 1. The summed E-state index contributed by atoms with van der Waals surface area (Å²) in [6.45, 7) is 0. The van der Waals surface area contributed by atoms with Crippen molar-refractivity contribution < 1.29 is 24.4 Å². The Morgan fingerprint density at radius 1 is 1.09 bits per heavy atom. The number of amides is 1. The van der Waals surface area contributed by atoms with E-state index in [9.17, 15) is 24.8 Å². The number of rotatable bonds is 5. The molecule has 1 aliphatic heterocycles. The van der Waals surface area contributed by atoms with Crippen molar-refractivity contribution in [3.63, 3.8) is 0 Å². The molecule has 1 saturated heterocycles. The first kappa shape index (κ1) is 22.2. The minimum Gasteiger partial charge on any atom is -0.507 e. The molecule has 1 N–H and O–H groups in total. The van der Waals surface area contributed by atoms with E-state index in [2.05, 4.69) is 10.2 Å². The van der Waals surface area contributed by atoms with Crippen molar-refractivity contribution in [2.75, 3.05) is 12.0 Å². The first-order valence-electron chi connectivity index (χ1n) is 10.3. The molecule has 5 rings (SSSR count). The van der Waals surface area contributed by atoms with E-state index < -0.39 is 22.7 Å². The van der Waals surface area contributed by atoms with Crippen molar-refractivity contribution in [3.05, 3.63) is 93.0 Å². The molecule has 4 aromatic rings. The summed E-state index contributed by atoms with van der Waals surface area (Å²) in [5.74, 6) is -1.46. The predicted octanol–water partition coefficient (Wildman–Crippen LogP) is 4.23. The maximum absolute atomic E-state index is 13.2. The maximum atomic E-state index is 13.2. The van der Waals surface area contributed by atoms with E-state index in [1.165, 1.54) is 29.8 Å². The number of carbonyl (C=O) groups is 2. The highest BCUT2D eigenvalue weighted by molar-refractivity contribution is 7.13. The third-order valence-corrected chi connectivity index (χ3v) is 6.43. The minimum absolute atomic E-state index is 0.146. The number of methoxy groups -OCH3 is 1. The number of benzene rings is 3. The maximum Gasteiger partial charge on any atom is 0.301 e. The van der Waals surface area contributed by atoms with Gasteiger partial charge < -0.3 is 9.84 Å². The van der Waals surface area contributed by atoms with Gasteiger partial charge in [-0.1, -0.05) is 29.5 Å². The standard InChI is InChI=1S/C24H16N4O6S/c1-34-18-9-6-14-10-16(3-2-15(14)11-18)21(29)19-20(13-4-7-17(8-5-13)28(32)33)27(23(31)22(19)30)24-26-25-12-35-24/h2-12,20,29H,1H3/b21-19+. The van der Waals surface area contributed by atoms with Crippen molar-refractivity contribution in [1.82, 2.24) is 10.2 Å². The highest BCUT2D eigenvalue weighted by atomic mass is 32.1. The normalized spacial score (nSPS) is 17.2. The molecule has 10 nitrogen and oxygen atoms in total. The lowest BCUT2D eigenvalue weighted by molar-refractivity contribution is -0.384. The topological polar surface area (TPSA) is 136 Å². The van der Waals surface area contributed by atoms with E-state index in [1.54, 1.807) is 31.4 Å². The third-order valence-electron chi connectivity index (χ3n) is 5.74. The molecule has 2 heterocycles. The number of carbonyl (C=O) groups excluding carboxylic acids is 2. The van der Waals surface area contributed by atoms with Crippen LogP contribution in [0.2, 0.25) is 0 Å². The molecule has 35 heavy (non-hydrogen) atoms. The van der Waals surface area contributed by atoms with Gasteiger partial charge in [0.05, 0.1) is 23.6 Å². The lowest BCUT2D eigenvalue weighted by Crippen LogP contribution is -2.29. The molecule has 0 radical (unpaired) electrons. The number of ketones is 1. The van der Waals surface area contributed by atoms with Crippen LogP contribution >= 0.6 is 11.3 Å². The van der Waals surface area contributed by atoms with Crippen LogP contribution in [0.5, 0.6) is 5.75 Å². The van der Waals surface area contributed by atoms with Crippen LogP contribution in [0.15, 0.2) is 71.7 Å². The molecule has 0 saturated carbocycles. The first-order chi connectivity index (χ1) is 16.9. The van der Waals surface area contributed by atoms with Crippen LogP contribution in [0.4, 0.5) is 10.8 Å². The fourth-order valence-corrected chi connectivity index (χ4v) is 4.63. The zero-order chi connectivity index (χ0) is 24.7. The molecule has 1 atom stereocenters. The lowest BCUT2D eigenvalue weighted by atomic mass is 9.94. The summed E-state index contributed by atoms with van der Waals surface area (Å²) in [6, 6.07) is 15.0. The van der Waals surface area contributed by atoms with Gasteiger partial charge in [0.15, 0.2) is 0 Å². The number of nitro benzene ring substituents is 1. The van der Waals surface area contributed by atoms with E-state index in [-0.39, 0.29) is 22.2 Å². The molecule has 174 valence electrons. The number of non-ortho nitro benzene ring substituents is 1. The zero-order valence-electron chi connectivity index (χ0n) is 18.1. The molecular formula is C24H16N4O6S. The molecule has 1 aliphatic rings. The van der Waals surface area contributed by atoms with Gasteiger partial charge in [-0.05, 0) is 46.7 Å². The van der Waals surface area contributed by atoms with Gasteiger partial charge in [-0.2, -0.15) is 0 Å². The van der Waals surface area contributed by atoms with Crippen LogP contribution in [0.25, 0.3) is 16.5 Å². The van der Waals surface area contributed by atoms with Gasteiger partial charge in [0, 0.05) is 17.7 Å². The summed E-state index contributed by atoms with van der Waals surface area (Å²) in [4.78, 5) is 37.9. The highest BCUT2D eigenvalue weighted by Crippen LogP contribution is 2.43. The van der Waals surface area contributed by atoms with Crippen molar-refractivity contribution in [2.24, 2.45) is 0 Å². The molecule has 0 bridgehead atoms. The summed E-state index contributed by atoms with van der Waals surface area (Å²) in [5, 5.41) is 31.9. The number of fused-ring (bicyclic) bond motifs is 1. The molecule has 1 aromatic heterocycles. The summed E-state index contributed by atoms with van der Waals surface area (Å²) in [6.07, 6.45) is 0. The van der Waals surface area contributed by atoms with Crippen molar-refractivity contribution in [3.8, 4) is 5.75 Å². The number of nitrogens with zero attached hydrogens (tertiary/aromatic N) is 4. The van der Waals surface area contributed by atoms with Gasteiger partial charge >= 0.3 is 5.91 Å². The van der Waals surface area contributed by atoms with Crippen LogP contribution in [-0.2, 0) is 9.59 Å². The Labute approximate surface area is 201 Å². The molecule has 11 heteroatoms. The SMILES string of the molecule is COc1ccc2cc(/C(O)=C3\C(=O)C(=O)N(c4nncs4)C3c3ccc([N+](=O)[O-])cc3)ccc2c1. The van der Waals surface area contributed by atoms with Crippen LogP contribution in [0.1, 0.15) is 17.2 Å². The van der Waals surface area contributed by atoms with Crippen molar-refractivity contribution in [1.29, 1.82) is 0 Å². The van der Waals surface area contributed by atoms with E-state index in [0.717, 1.165) is 27.0 Å². The number of hydrogen-bond acceptors (Lipinski definition) is 9.